The highest BCUT2D eigenvalue weighted by molar-refractivity contribution is 6.18. The summed E-state index contributed by atoms with van der Waals surface area (Å²) in [5.41, 5.74) is -0.145. The highest BCUT2D eigenvalue weighted by Crippen LogP contribution is 2.27. The first kappa shape index (κ1) is 21.1. The summed E-state index contributed by atoms with van der Waals surface area (Å²) in [6, 6.07) is 10.3. The molecule has 2 saturated heterocycles. The first-order chi connectivity index (χ1) is 13.5. The molecule has 2 aliphatic rings. The van der Waals surface area contributed by atoms with Crippen LogP contribution in [0.3, 0.4) is 0 Å². The number of alkyl halides is 1. The molecule has 28 heavy (non-hydrogen) atoms. The molecule has 0 spiro atoms. The van der Waals surface area contributed by atoms with Gasteiger partial charge in [-0.25, -0.2) is 9.18 Å². The van der Waals surface area contributed by atoms with E-state index < -0.39 is 17.6 Å². The number of carbonyl (C=O) groups is 1. The van der Waals surface area contributed by atoms with E-state index in [0.29, 0.717) is 6.54 Å². The minimum absolute atomic E-state index is 0.158. The molecule has 0 saturated carbocycles. The summed E-state index contributed by atoms with van der Waals surface area (Å²) < 4.78 is 20.2. The fourth-order valence-electron chi connectivity index (χ4n) is 4.23. The zero-order chi connectivity index (χ0) is 20.0. The van der Waals surface area contributed by atoms with Gasteiger partial charge in [0.15, 0.2) is 0 Å². The van der Waals surface area contributed by atoms with E-state index in [0.717, 1.165) is 58.5 Å². The Morgan fingerprint density at radius 3 is 2.36 bits per heavy atom. The molecule has 5 nitrogen and oxygen atoms in total. The topological polar surface area (TPSA) is 36.0 Å². The predicted octanol–water partition coefficient (Wildman–Crippen LogP) is 2.06. The van der Waals surface area contributed by atoms with Crippen molar-refractivity contribution in [3.05, 3.63) is 30.3 Å². The average molecular weight is 387 g/mol. The zero-order valence-electron chi connectivity index (χ0n) is 16.9. The number of anilines is 1. The second-order valence-electron chi connectivity index (χ2n) is 7.75. The molecule has 0 bridgehead atoms. The first-order valence-corrected chi connectivity index (χ1v) is 10.4. The van der Waals surface area contributed by atoms with E-state index in [2.05, 4.69) is 21.9 Å². The van der Waals surface area contributed by atoms with Crippen LogP contribution in [0.2, 0.25) is 0 Å². The maximum Gasteiger partial charge on any atom is 0.341 e. The van der Waals surface area contributed by atoms with E-state index in [9.17, 15) is 4.79 Å². The van der Waals surface area contributed by atoms with Crippen molar-refractivity contribution in [3.8, 4) is 0 Å². The van der Waals surface area contributed by atoms with Gasteiger partial charge in [0.25, 0.3) is 0 Å². The van der Waals surface area contributed by atoms with Gasteiger partial charge in [-0.1, -0.05) is 24.6 Å². The molecule has 3 rings (SSSR count). The van der Waals surface area contributed by atoms with Gasteiger partial charge in [-0.15, -0.1) is 0 Å². The normalized spacial score (nSPS) is 22.4. The Kier molecular flexibility index (Phi) is 7.35. The summed E-state index contributed by atoms with van der Waals surface area (Å²) in [7, 11) is 6.62. The van der Waals surface area contributed by atoms with Gasteiger partial charge in [0.05, 0.1) is 6.61 Å². The van der Waals surface area contributed by atoms with Gasteiger partial charge in [0, 0.05) is 43.8 Å². The number of hydrogen-bond donors (Lipinski definition) is 0. The summed E-state index contributed by atoms with van der Waals surface area (Å²) in [5, 5.41) is 0. The van der Waals surface area contributed by atoms with Crippen molar-refractivity contribution >= 4 is 19.5 Å². The van der Waals surface area contributed by atoms with Gasteiger partial charge in [-0.05, 0) is 45.0 Å². The van der Waals surface area contributed by atoms with E-state index in [1.165, 1.54) is 5.69 Å². The minimum Gasteiger partial charge on any atom is -0.464 e. The van der Waals surface area contributed by atoms with Crippen LogP contribution < -0.4 is 4.90 Å². The van der Waals surface area contributed by atoms with Gasteiger partial charge >= 0.3 is 5.97 Å². The van der Waals surface area contributed by atoms with Crippen molar-refractivity contribution in [1.29, 1.82) is 0 Å². The van der Waals surface area contributed by atoms with E-state index in [-0.39, 0.29) is 6.61 Å². The van der Waals surface area contributed by atoms with Gasteiger partial charge in [0.2, 0.25) is 6.17 Å². The number of likely N-dealkylation sites (tertiary alicyclic amines) is 1. The molecular weight excluding hydrogens is 356 g/mol. The maximum atomic E-state index is 15.2. The smallest absolute Gasteiger partial charge is 0.341 e. The van der Waals surface area contributed by atoms with Crippen molar-refractivity contribution in [1.82, 2.24) is 9.80 Å². The summed E-state index contributed by atoms with van der Waals surface area (Å²) in [6.45, 7) is 6.91. The lowest BCUT2D eigenvalue weighted by Gasteiger charge is -2.48. The lowest BCUT2D eigenvalue weighted by Crippen LogP contribution is -2.66. The first-order valence-electron chi connectivity index (χ1n) is 10.4. The molecule has 0 aromatic heterocycles. The summed E-state index contributed by atoms with van der Waals surface area (Å²) in [5.74, 6) is -0.849. The van der Waals surface area contributed by atoms with Crippen LogP contribution in [0.1, 0.15) is 26.2 Å². The molecular formula is C21H31BFN3O2. The molecule has 0 aliphatic carbocycles. The van der Waals surface area contributed by atoms with E-state index >= 15 is 4.39 Å². The number of piperidine rings is 1. The number of piperazine rings is 1. The lowest BCUT2D eigenvalue weighted by molar-refractivity contribution is -0.154. The Morgan fingerprint density at radius 2 is 1.75 bits per heavy atom. The SMILES string of the molecule is [B][C@](CN1CCN(c2ccccc2)CC1)([C@@H](F)C(=O)OCC)N1CCCCC1. The van der Waals surface area contributed by atoms with Crippen LogP contribution in [-0.4, -0.2) is 87.6 Å². The molecule has 2 atom stereocenters. The molecule has 0 amide bonds. The van der Waals surface area contributed by atoms with Crippen LogP contribution in [0.4, 0.5) is 10.1 Å². The zero-order valence-corrected chi connectivity index (χ0v) is 16.9. The largest absolute Gasteiger partial charge is 0.464 e. The van der Waals surface area contributed by atoms with E-state index in [1.54, 1.807) is 6.92 Å². The average Bonchev–Trinajstić information content (AvgIpc) is 2.75. The molecule has 1 aromatic rings. The number of nitrogens with zero attached hydrogens (tertiary/aromatic N) is 3. The summed E-state index contributed by atoms with van der Waals surface area (Å²) in [6.07, 6.45) is 1.24. The predicted molar refractivity (Wildman–Crippen MR) is 111 cm³/mol. The lowest BCUT2D eigenvalue weighted by atomic mass is 9.70. The van der Waals surface area contributed by atoms with E-state index in [1.807, 2.05) is 23.1 Å². The molecule has 2 fully saturated rings. The van der Waals surface area contributed by atoms with Crippen molar-refractivity contribution < 1.29 is 13.9 Å². The Hall–Kier alpha value is -1.60. The van der Waals surface area contributed by atoms with Crippen LogP contribution in [0.25, 0.3) is 0 Å². The Balaban J connectivity index is 1.67. The molecule has 0 unspecified atom stereocenters. The van der Waals surface area contributed by atoms with Crippen molar-refractivity contribution in [2.75, 3.05) is 57.3 Å². The minimum atomic E-state index is -1.85. The molecule has 1 aromatic carbocycles. The number of rotatable bonds is 7. The van der Waals surface area contributed by atoms with Gasteiger partial charge < -0.3 is 14.5 Å². The highest BCUT2D eigenvalue weighted by Gasteiger charge is 2.46. The monoisotopic (exact) mass is 387 g/mol. The fourth-order valence-corrected chi connectivity index (χ4v) is 4.23. The Bertz CT molecular complexity index is 621. The van der Waals surface area contributed by atoms with Crippen molar-refractivity contribution in [3.63, 3.8) is 0 Å². The molecule has 7 heteroatoms. The van der Waals surface area contributed by atoms with Crippen molar-refractivity contribution in [2.24, 2.45) is 0 Å². The fraction of sp³-hybridized carbons (Fsp3) is 0.667. The number of ether oxygens (including phenoxy) is 1. The number of carbonyl (C=O) groups excluding carboxylic acids is 1. The quantitative estimate of drug-likeness (QED) is 0.529. The van der Waals surface area contributed by atoms with Crippen LogP contribution in [0.5, 0.6) is 0 Å². The second kappa shape index (κ2) is 9.74. The molecule has 2 aliphatic heterocycles. The summed E-state index contributed by atoms with van der Waals surface area (Å²) in [4.78, 5) is 18.6. The maximum absolute atomic E-state index is 15.2. The number of halogens is 1. The summed E-state index contributed by atoms with van der Waals surface area (Å²) >= 11 is 0. The van der Waals surface area contributed by atoms with Gasteiger partial charge in [-0.3, -0.25) is 4.90 Å². The molecule has 152 valence electrons. The van der Waals surface area contributed by atoms with Crippen LogP contribution in [0.15, 0.2) is 30.3 Å². The number of esters is 1. The number of benzene rings is 1. The third-order valence-corrected chi connectivity index (χ3v) is 5.85. The van der Waals surface area contributed by atoms with Crippen LogP contribution in [0, 0.1) is 0 Å². The highest BCUT2D eigenvalue weighted by atomic mass is 19.1. The standard InChI is InChI=1S/C21H31BFN3O2/c1-2-28-20(27)19(23)21(22,26-11-7-4-8-12-26)17-24-13-15-25(16-14-24)18-9-5-3-6-10-18/h3,5-6,9-10,19H,2,4,7-8,11-17H2,1H3/t19-,21-/m0/s1. The third-order valence-electron chi connectivity index (χ3n) is 5.85. The van der Waals surface area contributed by atoms with Gasteiger partial charge in [-0.2, -0.15) is 0 Å². The number of hydrogen-bond acceptors (Lipinski definition) is 5. The number of para-hydroxylation sites is 1. The van der Waals surface area contributed by atoms with E-state index in [4.69, 9.17) is 12.6 Å². The molecule has 2 heterocycles. The van der Waals surface area contributed by atoms with Crippen LogP contribution in [-0.2, 0) is 9.53 Å². The Labute approximate surface area is 169 Å². The Morgan fingerprint density at radius 1 is 1.11 bits per heavy atom. The third kappa shape index (κ3) is 4.87. The molecule has 2 radical (unpaired) electrons. The van der Waals surface area contributed by atoms with Gasteiger partial charge in [0.1, 0.15) is 7.85 Å². The second-order valence-corrected chi connectivity index (χ2v) is 7.75. The van der Waals surface area contributed by atoms with Crippen molar-refractivity contribution in [2.45, 2.75) is 37.8 Å². The van der Waals surface area contributed by atoms with Crippen LogP contribution >= 0.6 is 0 Å². The molecule has 0 N–H and O–H groups in total.